The Morgan fingerprint density at radius 2 is 2.05 bits per heavy atom. The Hall–Kier alpha value is -1.35. The molecule has 0 aliphatic heterocycles. The van der Waals surface area contributed by atoms with E-state index in [4.69, 9.17) is 4.98 Å². The number of para-hydroxylation sites is 2. The lowest BCUT2D eigenvalue weighted by molar-refractivity contribution is 0.388. The van der Waals surface area contributed by atoms with E-state index in [1.54, 1.807) is 0 Å². The summed E-state index contributed by atoms with van der Waals surface area (Å²) in [6.07, 6.45) is 3.73. The van der Waals surface area contributed by atoms with Crippen molar-refractivity contribution in [1.29, 1.82) is 0 Å². The number of fused-ring (bicyclic) bond motifs is 1. The van der Waals surface area contributed by atoms with Crippen molar-refractivity contribution in [2.75, 3.05) is 0 Å². The molecule has 1 aromatic carbocycles. The monoisotopic (exact) mass is 257 g/mol. The number of hydrogen-bond acceptors (Lipinski definition) is 2. The first kappa shape index (κ1) is 12.7. The van der Waals surface area contributed by atoms with Crippen molar-refractivity contribution in [2.24, 2.45) is 13.0 Å². The van der Waals surface area contributed by atoms with E-state index >= 15 is 0 Å². The van der Waals surface area contributed by atoms with Crippen molar-refractivity contribution in [2.45, 2.75) is 45.2 Å². The van der Waals surface area contributed by atoms with Crippen LogP contribution < -0.4 is 5.32 Å². The highest BCUT2D eigenvalue weighted by atomic mass is 15.1. The lowest BCUT2D eigenvalue weighted by Gasteiger charge is -2.21. The van der Waals surface area contributed by atoms with Crippen molar-refractivity contribution in [3.63, 3.8) is 0 Å². The minimum Gasteiger partial charge on any atom is -0.331 e. The van der Waals surface area contributed by atoms with Crippen molar-refractivity contribution in [3.8, 4) is 0 Å². The number of imidazole rings is 1. The van der Waals surface area contributed by atoms with Crippen molar-refractivity contribution in [3.05, 3.63) is 30.1 Å². The zero-order valence-electron chi connectivity index (χ0n) is 12.1. The van der Waals surface area contributed by atoms with Gasteiger partial charge in [0, 0.05) is 25.6 Å². The molecule has 3 heteroatoms. The molecule has 1 aliphatic carbocycles. The summed E-state index contributed by atoms with van der Waals surface area (Å²) < 4.78 is 2.23. The van der Waals surface area contributed by atoms with Gasteiger partial charge in [0.05, 0.1) is 11.0 Å². The molecule has 2 unspecified atom stereocenters. The highest BCUT2D eigenvalue weighted by Crippen LogP contribution is 2.22. The van der Waals surface area contributed by atoms with Crippen LogP contribution in [0.25, 0.3) is 11.0 Å². The van der Waals surface area contributed by atoms with E-state index in [-0.39, 0.29) is 0 Å². The molecule has 0 radical (unpaired) electrons. The van der Waals surface area contributed by atoms with Crippen LogP contribution in [0.1, 0.15) is 32.5 Å². The average molecular weight is 257 g/mol. The smallest absolute Gasteiger partial charge is 0.109 e. The molecule has 102 valence electrons. The van der Waals surface area contributed by atoms with E-state index in [0.29, 0.717) is 12.0 Å². The average Bonchev–Trinajstić information content (AvgIpc) is 3.16. The highest BCUT2D eigenvalue weighted by molar-refractivity contribution is 5.75. The number of aromatic nitrogens is 2. The molecule has 1 aliphatic rings. The molecule has 2 atom stereocenters. The summed E-state index contributed by atoms with van der Waals surface area (Å²) in [7, 11) is 2.12. The number of aryl methyl sites for hydroxylation is 1. The van der Waals surface area contributed by atoms with Crippen molar-refractivity contribution in [1.82, 2.24) is 14.9 Å². The molecule has 0 spiro atoms. The second-order valence-corrected chi connectivity index (χ2v) is 5.99. The maximum atomic E-state index is 4.76. The number of nitrogens with one attached hydrogen (secondary N) is 1. The lowest BCUT2D eigenvalue weighted by Crippen LogP contribution is -2.35. The van der Waals surface area contributed by atoms with Crippen LogP contribution in [-0.2, 0) is 13.5 Å². The van der Waals surface area contributed by atoms with E-state index in [0.717, 1.165) is 18.0 Å². The van der Waals surface area contributed by atoms with E-state index in [1.807, 2.05) is 0 Å². The third kappa shape index (κ3) is 2.66. The molecule has 0 saturated heterocycles. The van der Waals surface area contributed by atoms with Crippen LogP contribution in [0.5, 0.6) is 0 Å². The Kier molecular flexibility index (Phi) is 3.31. The van der Waals surface area contributed by atoms with E-state index in [1.165, 1.54) is 24.2 Å². The second-order valence-electron chi connectivity index (χ2n) is 5.99. The summed E-state index contributed by atoms with van der Waals surface area (Å²) in [4.78, 5) is 4.76. The van der Waals surface area contributed by atoms with Gasteiger partial charge in [-0.1, -0.05) is 19.1 Å². The van der Waals surface area contributed by atoms with E-state index in [2.05, 4.69) is 55.0 Å². The number of benzene rings is 1. The molecule has 1 N–H and O–H groups in total. The van der Waals surface area contributed by atoms with Crippen LogP contribution >= 0.6 is 0 Å². The molecular weight excluding hydrogens is 234 g/mol. The van der Waals surface area contributed by atoms with Crippen LogP contribution in [0.2, 0.25) is 0 Å². The van der Waals surface area contributed by atoms with Crippen LogP contribution in [0.15, 0.2) is 24.3 Å². The van der Waals surface area contributed by atoms with Gasteiger partial charge < -0.3 is 9.88 Å². The van der Waals surface area contributed by atoms with Crippen LogP contribution in [-0.4, -0.2) is 21.6 Å². The molecule has 2 aromatic rings. The van der Waals surface area contributed by atoms with Crippen molar-refractivity contribution < 1.29 is 0 Å². The zero-order chi connectivity index (χ0) is 13.4. The predicted octanol–water partition coefficient (Wildman–Crippen LogP) is 2.89. The molecule has 0 bridgehead atoms. The summed E-state index contributed by atoms with van der Waals surface area (Å²) in [6, 6.07) is 9.71. The SMILES string of the molecule is CC(Cc1nc2ccccc2n1C)C(C)NC1CC1. The number of nitrogens with zero attached hydrogens (tertiary/aromatic N) is 2. The summed E-state index contributed by atoms with van der Waals surface area (Å²) in [5, 5.41) is 3.69. The van der Waals surface area contributed by atoms with Gasteiger partial charge in [-0.25, -0.2) is 4.98 Å². The molecule has 1 saturated carbocycles. The summed E-state index contributed by atoms with van der Waals surface area (Å²) in [5.74, 6) is 1.80. The Bertz CT molecular complexity index is 568. The Labute approximate surface area is 115 Å². The number of hydrogen-bond donors (Lipinski definition) is 1. The van der Waals surface area contributed by atoms with Gasteiger partial charge in [-0.15, -0.1) is 0 Å². The van der Waals surface area contributed by atoms with Gasteiger partial charge in [0.2, 0.25) is 0 Å². The fourth-order valence-electron chi connectivity index (χ4n) is 2.63. The second kappa shape index (κ2) is 4.97. The molecule has 0 amide bonds. The maximum absolute atomic E-state index is 4.76. The number of rotatable bonds is 5. The fraction of sp³-hybridized carbons (Fsp3) is 0.562. The van der Waals surface area contributed by atoms with Gasteiger partial charge in [-0.05, 0) is 37.8 Å². The van der Waals surface area contributed by atoms with Gasteiger partial charge in [0.1, 0.15) is 5.82 Å². The quantitative estimate of drug-likeness (QED) is 0.892. The highest BCUT2D eigenvalue weighted by Gasteiger charge is 2.25. The molecule has 1 aromatic heterocycles. The summed E-state index contributed by atoms with van der Waals surface area (Å²) in [5.41, 5.74) is 2.34. The van der Waals surface area contributed by atoms with E-state index < -0.39 is 0 Å². The van der Waals surface area contributed by atoms with Crippen LogP contribution in [0, 0.1) is 5.92 Å². The minimum atomic E-state index is 0.562. The molecular formula is C16H23N3. The summed E-state index contributed by atoms with van der Waals surface area (Å²) >= 11 is 0. The molecule has 3 nitrogen and oxygen atoms in total. The lowest BCUT2D eigenvalue weighted by atomic mass is 9.99. The first-order valence-corrected chi connectivity index (χ1v) is 7.31. The third-order valence-electron chi connectivity index (χ3n) is 4.31. The summed E-state index contributed by atoms with van der Waals surface area (Å²) in [6.45, 7) is 4.62. The van der Waals surface area contributed by atoms with Crippen molar-refractivity contribution >= 4 is 11.0 Å². The van der Waals surface area contributed by atoms with Crippen LogP contribution in [0.3, 0.4) is 0 Å². The normalized spacial score (nSPS) is 18.7. The zero-order valence-corrected chi connectivity index (χ0v) is 12.1. The molecule has 19 heavy (non-hydrogen) atoms. The Balaban J connectivity index is 1.74. The Morgan fingerprint density at radius 1 is 1.32 bits per heavy atom. The largest absolute Gasteiger partial charge is 0.331 e. The standard InChI is InChI=1S/C16H23N3/c1-11(12(2)17-13-8-9-13)10-16-18-14-6-4-5-7-15(14)19(16)3/h4-7,11-13,17H,8-10H2,1-3H3. The fourth-order valence-corrected chi connectivity index (χ4v) is 2.63. The van der Waals surface area contributed by atoms with Crippen LogP contribution in [0.4, 0.5) is 0 Å². The van der Waals surface area contributed by atoms with E-state index in [9.17, 15) is 0 Å². The van der Waals surface area contributed by atoms with Gasteiger partial charge in [-0.3, -0.25) is 0 Å². The first-order chi connectivity index (χ1) is 9.15. The molecule has 1 heterocycles. The van der Waals surface area contributed by atoms with Gasteiger partial charge in [0.25, 0.3) is 0 Å². The third-order valence-corrected chi connectivity index (χ3v) is 4.31. The minimum absolute atomic E-state index is 0.562. The van der Waals surface area contributed by atoms with Gasteiger partial charge >= 0.3 is 0 Å². The predicted molar refractivity (Wildman–Crippen MR) is 79.2 cm³/mol. The van der Waals surface area contributed by atoms with Gasteiger partial charge in [0.15, 0.2) is 0 Å². The molecule has 3 rings (SSSR count). The topological polar surface area (TPSA) is 29.9 Å². The molecule has 1 fully saturated rings. The first-order valence-electron chi connectivity index (χ1n) is 7.31. The maximum Gasteiger partial charge on any atom is 0.109 e. The van der Waals surface area contributed by atoms with Gasteiger partial charge in [-0.2, -0.15) is 0 Å². The Morgan fingerprint density at radius 3 is 2.74 bits per heavy atom.